The summed E-state index contributed by atoms with van der Waals surface area (Å²) in [5.41, 5.74) is 16.6. The SMILES string of the molecule is CC(C)[C@H](N)C(=O)N[C@@H](CCCNC(N)=O)C(=O)Nc1ccc(COC(=O)N2C[C@]3(C)C[C@@H](Oc4ccc(CN5CCN(c6ccc7c(c6)C(=O)N([C@H]6CCC(=O)NC6=O)C7)CC5)cn4)CN3c3cc(-c4ccccc4O)nnc32)cc1. The maximum atomic E-state index is 14.2. The highest BCUT2D eigenvalue weighted by Gasteiger charge is 2.51. The second kappa shape index (κ2) is 24.1. The Morgan fingerprint density at radius 1 is 0.915 bits per heavy atom. The van der Waals surface area contributed by atoms with Crippen LogP contribution in [0.2, 0.25) is 0 Å². The quantitative estimate of drug-likeness (QED) is 0.0485. The van der Waals surface area contributed by atoms with E-state index < -0.39 is 53.5 Å². The monoisotopic (exact) mass is 1120 g/mol. The number of aromatic nitrogens is 3. The molecule has 5 aliphatic heterocycles. The highest BCUT2D eigenvalue weighted by atomic mass is 16.6. The van der Waals surface area contributed by atoms with Crippen LogP contribution in [0.25, 0.3) is 11.3 Å². The van der Waals surface area contributed by atoms with E-state index in [1.807, 2.05) is 42.6 Å². The number of rotatable bonds is 18. The van der Waals surface area contributed by atoms with Crippen molar-refractivity contribution in [1.29, 1.82) is 0 Å². The number of piperidine rings is 1. The average molecular weight is 1120 g/mol. The number of piperazine rings is 1. The van der Waals surface area contributed by atoms with Crippen LogP contribution < -0.4 is 52.2 Å². The highest BCUT2D eigenvalue weighted by molar-refractivity contribution is 6.06. The first kappa shape index (κ1) is 56.4. The van der Waals surface area contributed by atoms with E-state index in [1.165, 1.54) is 4.90 Å². The first-order valence-electron chi connectivity index (χ1n) is 27.6. The van der Waals surface area contributed by atoms with Gasteiger partial charge in [0.15, 0.2) is 5.82 Å². The number of ether oxygens (including phenoxy) is 2. The van der Waals surface area contributed by atoms with Gasteiger partial charge >= 0.3 is 12.1 Å². The Balaban J connectivity index is 0.752. The fourth-order valence-electron chi connectivity index (χ4n) is 11.3. The zero-order valence-corrected chi connectivity index (χ0v) is 46.0. The number of nitrogens with two attached hydrogens (primary N) is 2. The first-order chi connectivity index (χ1) is 39.4. The number of imide groups is 1. The number of aromatic hydroxyl groups is 1. The van der Waals surface area contributed by atoms with Gasteiger partial charge in [0.2, 0.25) is 29.5 Å². The van der Waals surface area contributed by atoms with Gasteiger partial charge in [0.25, 0.3) is 5.91 Å². The summed E-state index contributed by atoms with van der Waals surface area (Å²) in [6.07, 6.45) is 2.45. The zero-order chi connectivity index (χ0) is 57.8. The molecule has 24 heteroatoms. The molecular weight excluding hydrogens is 1050 g/mol. The number of hydrogen-bond donors (Lipinski definition) is 7. The van der Waals surface area contributed by atoms with E-state index in [9.17, 15) is 38.7 Å². The number of pyridine rings is 1. The number of para-hydroxylation sites is 1. The Kier molecular flexibility index (Phi) is 16.5. The molecule has 0 bridgehead atoms. The summed E-state index contributed by atoms with van der Waals surface area (Å²) < 4.78 is 12.5. The van der Waals surface area contributed by atoms with Gasteiger partial charge in [0.1, 0.15) is 30.5 Å². The second-order valence-electron chi connectivity index (χ2n) is 22.1. The third-order valence-electron chi connectivity index (χ3n) is 15.9. The molecule has 0 aliphatic carbocycles. The van der Waals surface area contributed by atoms with Crippen molar-refractivity contribution < 1.29 is 48.1 Å². The van der Waals surface area contributed by atoms with Crippen LogP contribution in [0.15, 0.2) is 91.1 Å². The molecule has 10 rings (SSSR count). The van der Waals surface area contributed by atoms with E-state index in [1.54, 1.807) is 67.3 Å². The Bertz CT molecular complexity index is 3250. The number of carbonyl (C=O) groups is 7. The largest absolute Gasteiger partial charge is 0.507 e. The second-order valence-corrected chi connectivity index (χ2v) is 22.1. The van der Waals surface area contributed by atoms with E-state index in [2.05, 4.69) is 53.1 Å². The van der Waals surface area contributed by atoms with Gasteiger partial charge in [-0.25, -0.2) is 14.6 Å². The minimum Gasteiger partial charge on any atom is -0.507 e. The Morgan fingerprint density at radius 2 is 1.68 bits per heavy atom. The molecule has 2 aromatic heterocycles. The summed E-state index contributed by atoms with van der Waals surface area (Å²) in [6.45, 7) is 10.5. The van der Waals surface area contributed by atoms with Crippen molar-refractivity contribution >= 4 is 64.5 Å². The molecule has 24 nitrogen and oxygen atoms in total. The lowest BCUT2D eigenvalue weighted by atomic mass is 9.94. The number of fused-ring (bicyclic) bond motifs is 4. The number of hydrogen-bond acceptors (Lipinski definition) is 17. The number of primary amides is 1. The van der Waals surface area contributed by atoms with E-state index in [0.717, 1.165) is 43.0 Å². The fraction of sp³-hybridized carbons (Fsp3) is 0.414. The standard InChI is InChI=1S/C58H68N14O10/c1-34(2)50(59)54(77)64-43(8-6-20-61-56(60)79)52(75)63-38-14-10-35(11-15-38)32-81-57(80)71-33-58(3)27-40(31-72(58)46-26-44(66-67-51(46)71)41-7-4-5-9-47(41)73)82-49-19-12-36(28-62-49)29-68-21-23-69(24-22-68)39-16-13-37-30-70(55(78)42(37)25-39)45-17-18-48(74)65-53(45)76/h4-5,7,9-16,19,25-26,28,34,40,43,45,50,73H,6,8,17-18,20-24,27,29-33,59H2,1-3H3,(H,63,75)(H,64,77)(H3,60,61,79)(H,65,74,76)/t40-,43+,45+,50+,58+/m1/s1. The third-order valence-corrected chi connectivity index (χ3v) is 15.9. The fourth-order valence-corrected chi connectivity index (χ4v) is 11.3. The zero-order valence-electron chi connectivity index (χ0n) is 46.0. The van der Waals surface area contributed by atoms with Gasteiger partial charge in [-0.1, -0.05) is 50.2 Å². The molecule has 9 N–H and O–H groups in total. The molecule has 5 aliphatic rings. The van der Waals surface area contributed by atoms with Crippen LogP contribution in [0, 0.1) is 5.92 Å². The summed E-state index contributed by atoms with van der Waals surface area (Å²) in [4.78, 5) is 104. The maximum absolute atomic E-state index is 14.2. The predicted octanol–water partition coefficient (Wildman–Crippen LogP) is 3.76. The van der Waals surface area contributed by atoms with Crippen LogP contribution >= 0.6 is 0 Å². The number of amides is 8. The molecular formula is C58H68N14O10. The van der Waals surface area contributed by atoms with Gasteiger partial charge < -0.3 is 56.7 Å². The first-order valence-corrected chi connectivity index (χ1v) is 27.6. The molecule has 0 spiro atoms. The number of carbonyl (C=O) groups excluding carboxylic acids is 7. The van der Waals surface area contributed by atoms with E-state index >= 15 is 0 Å². The molecule has 0 saturated carbocycles. The van der Waals surface area contributed by atoms with Crippen molar-refractivity contribution in [3.05, 3.63) is 113 Å². The maximum Gasteiger partial charge on any atom is 0.416 e. The van der Waals surface area contributed by atoms with Crippen LogP contribution in [-0.2, 0) is 43.6 Å². The Hall–Kier alpha value is -8.90. The van der Waals surface area contributed by atoms with Gasteiger partial charge in [0.05, 0.1) is 36.1 Å². The molecule has 3 aromatic carbocycles. The lowest BCUT2D eigenvalue weighted by molar-refractivity contribution is -0.137. The van der Waals surface area contributed by atoms with Crippen molar-refractivity contribution in [2.45, 2.75) is 102 Å². The Morgan fingerprint density at radius 3 is 2.40 bits per heavy atom. The minimum absolute atomic E-state index is 0.0284. The predicted molar refractivity (Wildman–Crippen MR) is 302 cm³/mol. The van der Waals surface area contributed by atoms with Crippen molar-refractivity contribution in [2.24, 2.45) is 17.4 Å². The number of nitrogens with zero attached hydrogens (tertiary/aromatic N) is 8. The van der Waals surface area contributed by atoms with Crippen LogP contribution in [0.4, 0.5) is 32.5 Å². The van der Waals surface area contributed by atoms with Crippen LogP contribution in [0.3, 0.4) is 0 Å². The molecule has 82 heavy (non-hydrogen) atoms. The van der Waals surface area contributed by atoms with E-state index in [4.69, 9.17) is 25.9 Å². The number of urea groups is 1. The molecule has 8 amide bonds. The average Bonchev–Trinajstić information content (AvgIpc) is 4.08. The van der Waals surface area contributed by atoms with Crippen LogP contribution in [-0.4, -0.2) is 147 Å². The number of benzene rings is 3. The van der Waals surface area contributed by atoms with Gasteiger partial charge in [0, 0.05) is 93.4 Å². The minimum atomic E-state index is -0.946. The van der Waals surface area contributed by atoms with Crippen LogP contribution in [0.1, 0.15) is 79.9 Å². The molecule has 0 unspecified atom stereocenters. The van der Waals surface area contributed by atoms with Crippen molar-refractivity contribution in [3.63, 3.8) is 0 Å². The van der Waals surface area contributed by atoms with Crippen molar-refractivity contribution in [3.8, 4) is 22.9 Å². The van der Waals surface area contributed by atoms with Gasteiger partial charge in [-0.3, -0.25) is 39.1 Å². The molecule has 7 heterocycles. The summed E-state index contributed by atoms with van der Waals surface area (Å²) in [7, 11) is 0. The van der Waals surface area contributed by atoms with Gasteiger partial charge in [-0.05, 0) is 91.3 Å². The highest BCUT2D eigenvalue weighted by Crippen LogP contribution is 2.46. The summed E-state index contributed by atoms with van der Waals surface area (Å²) in [5, 5.41) is 30.2. The number of phenolic OH excluding ortho intramolecular Hbond substituents is 1. The van der Waals surface area contributed by atoms with Gasteiger partial charge in [-0.15, -0.1) is 10.2 Å². The lowest BCUT2D eigenvalue weighted by Gasteiger charge is -2.45. The van der Waals surface area contributed by atoms with Crippen molar-refractivity contribution in [2.75, 3.05) is 65.8 Å². The number of anilines is 4. The molecule has 3 saturated heterocycles. The summed E-state index contributed by atoms with van der Waals surface area (Å²) in [5.74, 6) is -1.27. The molecule has 0 radical (unpaired) electrons. The molecule has 5 aromatic rings. The van der Waals surface area contributed by atoms with E-state index in [-0.39, 0.29) is 67.9 Å². The number of nitrogens with one attached hydrogen (secondary N) is 4. The van der Waals surface area contributed by atoms with E-state index in [0.29, 0.717) is 78.5 Å². The number of phenols is 1. The normalized spacial score (nSPS) is 20.3. The smallest absolute Gasteiger partial charge is 0.416 e. The summed E-state index contributed by atoms with van der Waals surface area (Å²) >= 11 is 0. The lowest BCUT2D eigenvalue weighted by Crippen LogP contribution is -2.56. The Labute approximate surface area is 473 Å². The molecule has 430 valence electrons. The molecule has 5 atom stereocenters. The van der Waals surface area contributed by atoms with Crippen LogP contribution in [0.5, 0.6) is 11.6 Å². The summed E-state index contributed by atoms with van der Waals surface area (Å²) in [6, 6.07) is 22.1. The van der Waals surface area contributed by atoms with Gasteiger partial charge in [-0.2, -0.15) is 0 Å². The molecule has 3 fully saturated rings. The topological polar surface area (TPSA) is 313 Å². The van der Waals surface area contributed by atoms with Crippen molar-refractivity contribution in [1.82, 2.24) is 40.9 Å². The third kappa shape index (κ3) is 12.5.